The van der Waals surface area contributed by atoms with Crippen molar-refractivity contribution in [3.05, 3.63) is 18.2 Å². The molecule has 2 aliphatic rings. The standard InChI is InChI=1S/C8H9NO/c1-2-8(10-5-1)7-3-4-9-6-7/h3-4,8H,1-2,5H2. The number of hydrogen-bond donors (Lipinski definition) is 0. The van der Waals surface area contributed by atoms with Crippen LogP contribution in [0.3, 0.4) is 0 Å². The normalized spacial score (nSPS) is 31.2. The Kier molecular flexibility index (Phi) is 1.55. The van der Waals surface area contributed by atoms with Gasteiger partial charge in [0, 0.05) is 12.8 Å². The second-order valence-electron chi connectivity index (χ2n) is 2.51. The number of aliphatic imine (C=N–C) groups is 1. The number of ether oxygens (including phenoxy) is 1. The molecule has 52 valence electrons. The summed E-state index contributed by atoms with van der Waals surface area (Å²) < 4.78 is 5.43. The molecule has 2 heteroatoms. The highest BCUT2D eigenvalue weighted by Gasteiger charge is 2.21. The van der Waals surface area contributed by atoms with Gasteiger partial charge in [-0.25, -0.2) is 0 Å². The lowest BCUT2D eigenvalue weighted by Crippen LogP contribution is -2.07. The maximum absolute atomic E-state index is 5.43. The summed E-state index contributed by atoms with van der Waals surface area (Å²) in [5.41, 5.74) is 1.11. The fourth-order valence-electron chi connectivity index (χ4n) is 1.27. The van der Waals surface area contributed by atoms with Crippen LogP contribution in [0.2, 0.25) is 0 Å². The van der Waals surface area contributed by atoms with Gasteiger partial charge in [-0.05, 0) is 24.5 Å². The Labute approximate surface area is 60.6 Å². The second kappa shape index (κ2) is 2.54. The van der Waals surface area contributed by atoms with Crippen molar-refractivity contribution in [1.82, 2.24) is 0 Å². The highest BCUT2D eigenvalue weighted by molar-refractivity contribution is 5.77. The van der Waals surface area contributed by atoms with E-state index < -0.39 is 0 Å². The summed E-state index contributed by atoms with van der Waals surface area (Å²) in [6, 6.07) is 0. The lowest BCUT2D eigenvalue weighted by molar-refractivity contribution is 0.138. The molecule has 1 atom stereocenters. The molecular weight excluding hydrogens is 126 g/mol. The van der Waals surface area contributed by atoms with Crippen LogP contribution in [0.5, 0.6) is 0 Å². The highest BCUT2D eigenvalue weighted by atomic mass is 16.5. The summed E-state index contributed by atoms with van der Waals surface area (Å²) in [4.78, 5) is 3.86. The maximum atomic E-state index is 5.43. The minimum atomic E-state index is 0.280. The molecule has 0 aromatic heterocycles. The molecule has 0 spiro atoms. The van der Waals surface area contributed by atoms with Crippen LogP contribution in [0, 0.1) is 6.54 Å². The first kappa shape index (κ1) is 6.10. The largest absolute Gasteiger partial charge is 0.374 e. The van der Waals surface area contributed by atoms with Gasteiger partial charge in [0.05, 0.1) is 6.10 Å². The predicted octanol–water partition coefficient (Wildman–Crippen LogP) is 1.21. The monoisotopic (exact) mass is 135 g/mol. The highest BCUT2D eigenvalue weighted by Crippen LogP contribution is 2.23. The number of rotatable bonds is 1. The Morgan fingerprint density at radius 1 is 1.70 bits per heavy atom. The van der Waals surface area contributed by atoms with Gasteiger partial charge in [0.1, 0.15) is 6.54 Å². The molecule has 2 rings (SSSR count). The van der Waals surface area contributed by atoms with Crippen molar-refractivity contribution in [2.24, 2.45) is 4.99 Å². The van der Waals surface area contributed by atoms with E-state index >= 15 is 0 Å². The Balaban J connectivity index is 1.99. The van der Waals surface area contributed by atoms with Crippen LogP contribution in [-0.4, -0.2) is 18.9 Å². The first-order valence-electron chi connectivity index (χ1n) is 3.58. The molecule has 2 radical (unpaired) electrons. The molecule has 0 amide bonds. The van der Waals surface area contributed by atoms with Gasteiger partial charge in [0.15, 0.2) is 0 Å². The summed E-state index contributed by atoms with van der Waals surface area (Å²) >= 11 is 0. The third-order valence-corrected chi connectivity index (χ3v) is 1.80. The smallest absolute Gasteiger partial charge is 0.148 e. The molecular formula is C8H9NO. The predicted molar refractivity (Wildman–Crippen MR) is 38.8 cm³/mol. The Morgan fingerprint density at radius 2 is 2.70 bits per heavy atom. The Bertz CT molecular complexity index is 178. The van der Waals surface area contributed by atoms with Crippen molar-refractivity contribution in [3.8, 4) is 0 Å². The van der Waals surface area contributed by atoms with Crippen molar-refractivity contribution in [2.45, 2.75) is 18.9 Å². The zero-order valence-corrected chi connectivity index (χ0v) is 5.71. The van der Waals surface area contributed by atoms with E-state index in [1.165, 1.54) is 6.42 Å². The molecule has 1 saturated heterocycles. The fraction of sp³-hybridized carbons (Fsp3) is 0.500. The summed E-state index contributed by atoms with van der Waals surface area (Å²) in [5.74, 6) is 0. The molecule has 1 fully saturated rings. The first-order valence-corrected chi connectivity index (χ1v) is 3.58. The second-order valence-corrected chi connectivity index (χ2v) is 2.51. The molecule has 1 unspecified atom stereocenters. The van der Waals surface area contributed by atoms with Gasteiger partial charge in [0.2, 0.25) is 0 Å². The van der Waals surface area contributed by atoms with Crippen molar-refractivity contribution in [3.63, 3.8) is 0 Å². The average Bonchev–Trinajstić information content (AvgIpc) is 2.59. The lowest BCUT2D eigenvalue weighted by Gasteiger charge is -2.07. The third-order valence-electron chi connectivity index (χ3n) is 1.80. The molecule has 0 aliphatic carbocycles. The minimum Gasteiger partial charge on any atom is -0.374 e. The van der Waals surface area contributed by atoms with E-state index in [1.807, 2.05) is 6.08 Å². The number of nitrogens with zero attached hydrogens (tertiary/aromatic N) is 1. The zero-order valence-electron chi connectivity index (χ0n) is 5.71. The van der Waals surface area contributed by atoms with Crippen LogP contribution < -0.4 is 0 Å². The van der Waals surface area contributed by atoms with E-state index in [0.29, 0.717) is 0 Å². The average molecular weight is 135 g/mol. The Hall–Kier alpha value is -0.630. The van der Waals surface area contributed by atoms with E-state index in [2.05, 4.69) is 11.5 Å². The summed E-state index contributed by atoms with van der Waals surface area (Å²) in [6.45, 7) is 3.80. The van der Waals surface area contributed by atoms with Crippen molar-refractivity contribution in [1.29, 1.82) is 0 Å². The topological polar surface area (TPSA) is 21.6 Å². The van der Waals surface area contributed by atoms with Crippen molar-refractivity contribution >= 4 is 6.21 Å². The first-order chi connectivity index (χ1) is 4.97. The van der Waals surface area contributed by atoms with Crippen LogP contribution >= 0.6 is 0 Å². The molecule has 0 saturated carbocycles. The van der Waals surface area contributed by atoms with Crippen molar-refractivity contribution < 1.29 is 4.74 Å². The third kappa shape index (κ3) is 0.991. The van der Waals surface area contributed by atoms with Gasteiger partial charge in [0.25, 0.3) is 0 Å². The number of allylic oxidation sites excluding steroid dienone is 1. The van der Waals surface area contributed by atoms with Crippen LogP contribution in [0.4, 0.5) is 0 Å². The minimum absolute atomic E-state index is 0.280. The van der Waals surface area contributed by atoms with E-state index in [1.54, 1.807) is 6.21 Å². The van der Waals surface area contributed by atoms with Gasteiger partial charge in [-0.1, -0.05) is 0 Å². The van der Waals surface area contributed by atoms with Crippen LogP contribution in [0.1, 0.15) is 12.8 Å². The van der Waals surface area contributed by atoms with Crippen molar-refractivity contribution in [2.75, 3.05) is 6.61 Å². The zero-order chi connectivity index (χ0) is 6.81. The van der Waals surface area contributed by atoms with Crippen LogP contribution in [-0.2, 0) is 4.74 Å². The molecule has 2 aliphatic heterocycles. The molecule has 0 aromatic rings. The fourth-order valence-corrected chi connectivity index (χ4v) is 1.27. The summed E-state index contributed by atoms with van der Waals surface area (Å²) in [6.07, 6.45) is 6.31. The molecule has 10 heavy (non-hydrogen) atoms. The maximum Gasteiger partial charge on any atom is 0.148 e. The van der Waals surface area contributed by atoms with Gasteiger partial charge in [-0.15, -0.1) is 0 Å². The van der Waals surface area contributed by atoms with Crippen LogP contribution in [0.25, 0.3) is 0 Å². The molecule has 0 aromatic carbocycles. The Morgan fingerprint density at radius 3 is 3.30 bits per heavy atom. The lowest BCUT2D eigenvalue weighted by atomic mass is 10.1. The van der Waals surface area contributed by atoms with E-state index in [4.69, 9.17) is 4.74 Å². The molecule has 2 nitrogen and oxygen atoms in total. The quantitative estimate of drug-likeness (QED) is 0.529. The SMILES string of the molecule is [C]1N=CC=C1C1CCCO1. The summed E-state index contributed by atoms with van der Waals surface area (Å²) in [5, 5.41) is 0. The molecule has 0 bridgehead atoms. The van der Waals surface area contributed by atoms with Crippen LogP contribution in [0.15, 0.2) is 16.6 Å². The summed E-state index contributed by atoms with van der Waals surface area (Å²) in [7, 11) is 0. The van der Waals surface area contributed by atoms with Gasteiger partial charge in [-0.3, -0.25) is 4.99 Å². The molecule has 2 heterocycles. The van der Waals surface area contributed by atoms with Gasteiger partial charge >= 0.3 is 0 Å². The number of hydrogen-bond acceptors (Lipinski definition) is 2. The van der Waals surface area contributed by atoms with E-state index in [9.17, 15) is 0 Å². The molecule has 0 N–H and O–H groups in total. The van der Waals surface area contributed by atoms with Gasteiger partial charge < -0.3 is 4.74 Å². The van der Waals surface area contributed by atoms with E-state index in [-0.39, 0.29) is 6.10 Å². The van der Waals surface area contributed by atoms with Gasteiger partial charge in [-0.2, -0.15) is 0 Å². The van der Waals surface area contributed by atoms with E-state index in [0.717, 1.165) is 18.6 Å².